The molecule has 0 spiro atoms. The fraction of sp³-hybridized carbons (Fsp3) is 0.500. The lowest BCUT2D eigenvalue weighted by Gasteiger charge is -2.11. The predicted molar refractivity (Wildman–Crippen MR) is 73.5 cm³/mol. The van der Waals surface area contributed by atoms with Gasteiger partial charge in [-0.3, -0.25) is 15.4 Å². The van der Waals surface area contributed by atoms with Crippen LogP contribution in [0, 0.1) is 13.8 Å². The lowest BCUT2D eigenvalue weighted by molar-refractivity contribution is 0.197. The van der Waals surface area contributed by atoms with Gasteiger partial charge in [-0.15, -0.1) is 0 Å². The first-order valence-electron chi connectivity index (χ1n) is 5.88. The lowest BCUT2D eigenvalue weighted by atomic mass is 10.3. The summed E-state index contributed by atoms with van der Waals surface area (Å²) in [5.41, 5.74) is 5.33. The fourth-order valence-corrected chi connectivity index (χ4v) is 1.47. The van der Waals surface area contributed by atoms with Gasteiger partial charge in [-0.1, -0.05) is 0 Å². The monoisotopic (exact) mass is 251 g/mol. The zero-order chi connectivity index (χ0) is 13.4. The van der Waals surface area contributed by atoms with Crippen molar-refractivity contribution < 1.29 is 4.74 Å². The van der Waals surface area contributed by atoms with Crippen molar-refractivity contribution >= 4 is 11.6 Å². The highest BCUT2D eigenvalue weighted by molar-refractivity contribution is 5.93. The van der Waals surface area contributed by atoms with E-state index >= 15 is 0 Å². The maximum absolute atomic E-state index is 5.42. The largest absolute Gasteiger partial charge is 0.385 e. The molecule has 1 aromatic heterocycles. The molecule has 0 unspecified atom stereocenters. The molecule has 0 aliphatic rings. The third-order valence-corrected chi connectivity index (χ3v) is 2.39. The van der Waals surface area contributed by atoms with Gasteiger partial charge in [-0.05, 0) is 32.4 Å². The molecule has 1 aromatic rings. The van der Waals surface area contributed by atoms with Crippen molar-refractivity contribution in [3.63, 3.8) is 0 Å². The van der Waals surface area contributed by atoms with Crippen molar-refractivity contribution in [3.05, 3.63) is 23.5 Å². The molecule has 6 heteroatoms. The number of nitrogens with one attached hydrogen (secondary N) is 2. The molecule has 0 saturated heterocycles. The van der Waals surface area contributed by atoms with Crippen LogP contribution in [0.2, 0.25) is 0 Å². The van der Waals surface area contributed by atoms with Gasteiger partial charge in [-0.25, -0.2) is 5.84 Å². The van der Waals surface area contributed by atoms with E-state index in [-0.39, 0.29) is 0 Å². The topological polar surface area (TPSA) is 84.6 Å². The maximum Gasteiger partial charge on any atom is 0.210 e. The SMILES string of the molecule is COCCCN=C(NN)Nc1ccc(C)nc1C. The smallest absolute Gasteiger partial charge is 0.210 e. The van der Waals surface area contributed by atoms with Crippen LogP contribution in [0.5, 0.6) is 0 Å². The van der Waals surface area contributed by atoms with E-state index in [4.69, 9.17) is 10.6 Å². The van der Waals surface area contributed by atoms with Gasteiger partial charge in [0.2, 0.25) is 5.96 Å². The van der Waals surface area contributed by atoms with E-state index in [1.807, 2.05) is 26.0 Å². The van der Waals surface area contributed by atoms with E-state index in [0.717, 1.165) is 23.5 Å². The van der Waals surface area contributed by atoms with Gasteiger partial charge in [0.15, 0.2) is 0 Å². The first kappa shape index (κ1) is 14.4. The summed E-state index contributed by atoms with van der Waals surface area (Å²) in [6, 6.07) is 3.90. The van der Waals surface area contributed by atoms with Crippen LogP contribution in [-0.2, 0) is 4.74 Å². The summed E-state index contributed by atoms with van der Waals surface area (Å²) < 4.78 is 4.96. The summed E-state index contributed by atoms with van der Waals surface area (Å²) in [6.07, 6.45) is 0.856. The Morgan fingerprint density at radius 1 is 1.44 bits per heavy atom. The molecule has 0 atom stereocenters. The van der Waals surface area contributed by atoms with Crippen molar-refractivity contribution in [1.29, 1.82) is 0 Å². The van der Waals surface area contributed by atoms with Crippen molar-refractivity contribution in [2.24, 2.45) is 10.8 Å². The van der Waals surface area contributed by atoms with Crippen LogP contribution in [0.4, 0.5) is 5.69 Å². The minimum atomic E-state index is 0.528. The number of guanidine groups is 1. The number of aromatic nitrogens is 1. The quantitative estimate of drug-likeness (QED) is 0.239. The molecule has 6 nitrogen and oxygen atoms in total. The summed E-state index contributed by atoms with van der Waals surface area (Å²) in [5.74, 6) is 5.95. The molecule has 0 amide bonds. The Balaban J connectivity index is 2.61. The first-order chi connectivity index (χ1) is 8.67. The number of methoxy groups -OCH3 is 1. The third-order valence-electron chi connectivity index (χ3n) is 2.39. The van der Waals surface area contributed by atoms with E-state index in [1.165, 1.54) is 0 Å². The number of nitrogens with zero attached hydrogens (tertiary/aromatic N) is 2. The summed E-state index contributed by atoms with van der Waals surface area (Å²) in [7, 11) is 1.67. The first-order valence-corrected chi connectivity index (χ1v) is 5.88. The van der Waals surface area contributed by atoms with Crippen molar-refractivity contribution in [3.8, 4) is 0 Å². The Morgan fingerprint density at radius 3 is 2.83 bits per heavy atom. The molecule has 0 aliphatic carbocycles. The minimum absolute atomic E-state index is 0.528. The minimum Gasteiger partial charge on any atom is -0.385 e. The van der Waals surface area contributed by atoms with Crippen LogP contribution in [0.1, 0.15) is 17.8 Å². The zero-order valence-electron chi connectivity index (χ0n) is 11.2. The molecule has 1 heterocycles. The van der Waals surface area contributed by atoms with Crippen LogP contribution < -0.4 is 16.6 Å². The van der Waals surface area contributed by atoms with Gasteiger partial charge in [0.25, 0.3) is 0 Å². The lowest BCUT2D eigenvalue weighted by Crippen LogP contribution is -2.36. The average Bonchev–Trinajstić information content (AvgIpc) is 2.35. The second-order valence-electron chi connectivity index (χ2n) is 3.93. The van der Waals surface area contributed by atoms with Gasteiger partial charge >= 0.3 is 0 Å². The molecule has 0 saturated carbocycles. The molecule has 1 rings (SSSR count). The van der Waals surface area contributed by atoms with Crippen LogP contribution in [0.15, 0.2) is 17.1 Å². The van der Waals surface area contributed by atoms with E-state index in [2.05, 4.69) is 20.7 Å². The van der Waals surface area contributed by atoms with Crippen LogP contribution >= 0.6 is 0 Å². The highest BCUT2D eigenvalue weighted by Crippen LogP contribution is 2.12. The van der Waals surface area contributed by atoms with E-state index in [9.17, 15) is 0 Å². The molecular formula is C12H21N5O. The van der Waals surface area contributed by atoms with Gasteiger partial charge in [0.1, 0.15) is 0 Å². The van der Waals surface area contributed by atoms with Gasteiger partial charge in [0.05, 0.1) is 11.4 Å². The fourth-order valence-electron chi connectivity index (χ4n) is 1.47. The summed E-state index contributed by atoms with van der Waals surface area (Å²) in [5, 5.41) is 3.11. The second kappa shape index (κ2) is 7.62. The summed E-state index contributed by atoms with van der Waals surface area (Å²) >= 11 is 0. The number of nitrogens with two attached hydrogens (primary N) is 1. The number of hydrogen-bond donors (Lipinski definition) is 3. The van der Waals surface area contributed by atoms with Crippen molar-refractivity contribution in [1.82, 2.24) is 10.4 Å². The Bertz CT molecular complexity index is 405. The van der Waals surface area contributed by atoms with Crippen molar-refractivity contribution in [2.45, 2.75) is 20.3 Å². The summed E-state index contributed by atoms with van der Waals surface area (Å²) in [6.45, 7) is 5.23. The number of hydrazine groups is 1. The van der Waals surface area contributed by atoms with Crippen LogP contribution in [0.25, 0.3) is 0 Å². The highest BCUT2D eigenvalue weighted by Gasteiger charge is 2.02. The number of hydrogen-bond acceptors (Lipinski definition) is 4. The average molecular weight is 251 g/mol. The normalized spacial score (nSPS) is 11.4. The van der Waals surface area contributed by atoms with E-state index in [0.29, 0.717) is 19.1 Å². The van der Waals surface area contributed by atoms with E-state index < -0.39 is 0 Å². The molecule has 0 aliphatic heterocycles. The van der Waals surface area contributed by atoms with Crippen molar-refractivity contribution in [2.75, 3.05) is 25.6 Å². The molecule has 0 bridgehead atoms. The number of anilines is 1. The molecule has 18 heavy (non-hydrogen) atoms. The third kappa shape index (κ3) is 4.68. The molecule has 0 aromatic carbocycles. The molecule has 4 N–H and O–H groups in total. The van der Waals surface area contributed by atoms with E-state index in [1.54, 1.807) is 7.11 Å². The molecule has 0 radical (unpaired) electrons. The number of aliphatic imine (C=N–C) groups is 1. The molecule has 100 valence electrons. The standard InChI is InChI=1S/C12H21N5O/c1-9-5-6-11(10(2)15-9)16-12(17-13)14-7-4-8-18-3/h5-6H,4,7-8,13H2,1-3H3,(H2,14,16,17). The summed E-state index contributed by atoms with van der Waals surface area (Å²) in [4.78, 5) is 8.66. The Morgan fingerprint density at radius 2 is 2.22 bits per heavy atom. The zero-order valence-corrected chi connectivity index (χ0v) is 11.2. The number of ether oxygens (including phenoxy) is 1. The van der Waals surface area contributed by atoms with Gasteiger partial charge in [0, 0.05) is 26.0 Å². The van der Waals surface area contributed by atoms with Crippen LogP contribution in [-0.4, -0.2) is 31.2 Å². The molecule has 0 fully saturated rings. The second-order valence-corrected chi connectivity index (χ2v) is 3.93. The predicted octanol–water partition coefficient (Wildman–Crippen LogP) is 0.966. The Labute approximate surface area is 108 Å². The Kier molecular flexibility index (Phi) is 6.10. The Hall–Kier alpha value is -1.66. The van der Waals surface area contributed by atoms with Gasteiger partial charge in [-0.2, -0.15) is 0 Å². The number of rotatable bonds is 5. The highest BCUT2D eigenvalue weighted by atomic mass is 16.5. The number of aryl methyl sites for hydroxylation is 2. The molecular weight excluding hydrogens is 230 g/mol. The van der Waals surface area contributed by atoms with Crippen LogP contribution in [0.3, 0.4) is 0 Å². The maximum atomic E-state index is 5.42. The number of pyridine rings is 1. The van der Waals surface area contributed by atoms with Gasteiger partial charge < -0.3 is 10.1 Å².